The van der Waals surface area contributed by atoms with E-state index in [0.717, 1.165) is 38.6 Å². The van der Waals surface area contributed by atoms with Gasteiger partial charge in [0.1, 0.15) is 5.75 Å². The Hall–Kier alpha value is -1.10. The first-order valence-corrected chi connectivity index (χ1v) is 8.02. The van der Waals surface area contributed by atoms with E-state index in [4.69, 9.17) is 9.47 Å². The predicted octanol–water partition coefficient (Wildman–Crippen LogP) is 1.99. The van der Waals surface area contributed by atoms with E-state index in [-0.39, 0.29) is 0 Å². The van der Waals surface area contributed by atoms with Crippen LogP contribution in [0.4, 0.5) is 0 Å². The molecule has 116 valence electrons. The van der Waals surface area contributed by atoms with Crippen LogP contribution in [0.2, 0.25) is 0 Å². The monoisotopic (exact) mass is 290 g/mol. The van der Waals surface area contributed by atoms with Crippen LogP contribution >= 0.6 is 0 Å². The molecule has 0 saturated carbocycles. The molecule has 2 heterocycles. The van der Waals surface area contributed by atoms with E-state index < -0.39 is 0 Å². The van der Waals surface area contributed by atoms with Crippen LogP contribution in [0.25, 0.3) is 0 Å². The third kappa shape index (κ3) is 3.96. The molecule has 0 radical (unpaired) electrons. The fourth-order valence-corrected chi connectivity index (χ4v) is 3.36. The van der Waals surface area contributed by atoms with Gasteiger partial charge in [-0.25, -0.2) is 0 Å². The molecule has 0 aliphatic carbocycles. The zero-order valence-corrected chi connectivity index (χ0v) is 13.0. The van der Waals surface area contributed by atoms with E-state index in [2.05, 4.69) is 34.1 Å². The highest BCUT2D eigenvalue weighted by Gasteiger charge is 2.26. The topological polar surface area (TPSA) is 24.9 Å². The van der Waals surface area contributed by atoms with E-state index in [1.54, 1.807) is 7.11 Å². The molecule has 4 nitrogen and oxygen atoms in total. The molecule has 0 N–H and O–H groups in total. The molecule has 0 bridgehead atoms. The molecule has 3 rings (SSSR count). The largest absolute Gasteiger partial charge is 0.497 e. The van der Waals surface area contributed by atoms with E-state index in [1.807, 2.05) is 0 Å². The van der Waals surface area contributed by atoms with Crippen molar-refractivity contribution in [2.75, 3.05) is 46.5 Å². The lowest BCUT2D eigenvalue weighted by molar-refractivity contribution is 0.0262. The van der Waals surface area contributed by atoms with Crippen LogP contribution in [0.1, 0.15) is 18.4 Å². The second kappa shape index (κ2) is 7.25. The number of morpholine rings is 1. The first kappa shape index (κ1) is 14.8. The number of likely N-dealkylation sites (tertiary alicyclic amines) is 1. The first-order chi connectivity index (χ1) is 10.3. The second-order valence-corrected chi connectivity index (χ2v) is 6.03. The van der Waals surface area contributed by atoms with Gasteiger partial charge in [0.05, 0.1) is 20.3 Å². The fraction of sp³-hybridized carbons (Fsp3) is 0.647. The lowest BCUT2D eigenvalue weighted by Gasteiger charge is -2.33. The van der Waals surface area contributed by atoms with Crippen LogP contribution in [-0.2, 0) is 11.3 Å². The molecule has 2 saturated heterocycles. The van der Waals surface area contributed by atoms with E-state index in [0.29, 0.717) is 6.04 Å². The molecule has 0 aromatic heterocycles. The number of methoxy groups -OCH3 is 1. The molecule has 2 aliphatic rings. The van der Waals surface area contributed by atoms with Gasteiger partial charge in [-0.1, -0.05) is 12.1 Å². The zero-order chi connectivity index (χ0) is 14.5. The van der Waals surface area contributed by atoms with Crippen molar-refractivity contribution in [3.8, 4) is 5.75 Å². The Morgan fingerprint density at radius 2 is 1.90 bits per heavy atom. The standard InChI is InChI=1S/C17H26N2O2/c1-20-17-6-4-15(5-7-17)13-19-8-2-3-16(19)14-18-9-11-21-12-10-18/h4-7,16H,2-3,8-14H2,1H3/t16-/m1/s1. The quantitative estimate of drug-likeness (QED) is 0.828. The number of benzene rings is 1. The summed E-state index contributed by atoms with van der Waals surface area (Å²) in [5.41, 5.74) is 1.38. The van der Waals surface area contributed by atoms with Crippen LogP contribution in [0.15, 0.2) is 24.3 Å². The summed E-state index contributed by atoms with van der Waals surface area (Å²) in [4.78, 5) is 5.19. The van der Waals surface area contributed by atoms with Gasteiger partial charge in [0, 0.05) is 32.2 Å². The third-order valence-electron chi connectivity index (χ3n) is 4.62. The first-order valence-electron chi connectivity index (χ1n) is 8.02. The van der Waals surface area contributed by atoms with Crippen molar-refractivity contribution in [2.24, 2.45) is 0 Å². The van der Waals surface area contributed by atoms with Gasteiger partial charge >= 0.3 is 0 Å². The molecule has 0 unspecified atom stereocenters. The lowest BCUT2D eigenvalue weighted by atomic mass is 10.1. The average Bonchev–Trinajstić information content (AvgIpc) is 2.96. The zero-order valence-electron chi connectivity index (χ0n) is 13.0. The van der Waals surface area contributed by atoms with Crippen LogP contribution in [0.5, 0.6) is 5.75 Å². The van der Waals surface area contributed by atoms with Gasteiger partial charge in [-0.05, 0) is 37.1 Å². The smallest absolute Gasteiger partial charge is 0.118 e. The molecule has 1 aromatic carbocycles. The van der Waals surface area contributed by atoms with E-state index >= 15 is 0 Å². The predicted molar refractivity (Wildman–Crippen MR) is 83.7 cm³/mol. The Kier molecular flexibility index (Phi) is 5.12. The summed E-state index contributed by atoms with van der Waals surface area (Å²) in [6, 6.07) is 9.18. The van der Waals surface area contributed by atoms with Crippen LogP contribution in [-0.4, -0.2) is 62.3 Å². The highest BCUT2D eigenvalue weighted by molar-refractivity contribution is 5.27. The summed E-state index contributed by atoms with van der Waals surface area (Å²) in [6.45, 7) is 7.44. The summed E-state index contributed by atoms with van der Waals surface area (Å²) in [6.07, 6.45) is 2.65. The summed E-state index contributed by atoms with van der Waals surface area (Å²) in [5.74, 6) is 0.935. The van der Waals surface area contributed by atoms with Crippen molar-refractivity contribution in [1.29, 1.82) is 0 Å². The molecule has 0 spiro atoms. The second-order valence-electron chi connectivity index (χ2n) is 6.03. The number of hydrogen-bond acceptors (Lipinski definition) is 4. The van der Waals surface area contributed by atoms with Crippen molar-refractivity contribution in [2.45, 2.75) is 25.4 Å². The van der Waals surface area contributed by atoms with Crippen LogP contribution in [0, 0.1) is 0 Å². The molecule has 2 fully saturated rings. The Bertz CT molecular complexity index is 429. The molecular weight excluding hydrogens is 264 g/mol. The Morgan fingerprint density at radius 1 is 1.14 bits per heavy atom. The Morgan fingerprint density at radius 3 is 2.62 bits per heavy atom. The SMILES string of the molecule is COc1ccc(CN2CCC[C@@H]2CN2CCOCC2)cc1. The molecule has 1 aromatic rings. The highest BCUT2D eigenvalue weighted by Crippen LogP contribution is 2.22. The van der Waals surface area contributed by atoms with Gasteiger partial charge in [-0.3, -0.25) is 9.80 Å². The van der Waals surface area contributed by atoms with Gasteiger partial charge in [0.15, 0.2) is 0 Å². The minimum Gasteiger partial charge on any atom is -0.497 e. The number of hydrogen-bond donors (Lipinski definition) is 0. The van der Waals surface area contributed by atoms with Gasteiger partial charge in [-0.2, -0.15) is 0 Å². The molecule has 2 aliphatic heterocycles. The number of ether oxygens (including phenoxy) is 2. The van der Waals surface area contributed by atoms with Gasteiger partial charge in [-0.15, -0.1) is 0 Å². The molecule has 1 atom stereocenters. The van der Waals surface area contributed by atoms with Crippen molar-refractivity contribution in [3.63, 3.8) is 0 Å². The van der Waals surface area contributed by atoms with Crippen molar-refractivity contribution < 1.29 is 9.47 Å². The minimum absolute atomic E-state index is 0.699. The normalized spacial score (nSPS) is 24.3. The summed E-state index contributed by atoms with van der Waals surface area (Å²) < 4.78 is 10.7. The minimum atomic E-state index is 0.699. The number of nitrogens with zero attached hydrogens (tertiary/aromatic N) is 2. The molecule has 21 heavy (non-hydrogen) atoms. The highest BCUT2D eigenvalue weighted by atomic mass is 16.5. The average molecular weight is 290 g/mol. The maximum absolute atomic E-state index is 5.44. The summed E-state index contributed by atoms with van der Waals surface area (Å²) in [5, 5.41) is 0. The van der Waals surface area contributed by atoms with Crippen molar-refractivity contribution in [3.05, 3.63) is 29.8 Å². The third-order valence-corrected chi connectivity index (χ3v) is 4.62. The Labute approximate surface area is 127 Å². The van der Waals surface area contributed by atoms with Crippen LogP contribution in [0.3, 0.4) is 0 Å². The number of rotatable bonds is 5. The van der Waals surface area contributed by atoms with Crippen molar-refractivity contribution in [1.82, 2.24) is 9.80 Å². The van der Waals surface area contributed by atoms with E-state index in [1.165, 1.54) is 31.5 Å². The van der Waals surface area contributed by atoms with Crippen LogP contribution < -0.4 is 4.74 Å². The van der Waals surface area contributed by atoms with Gasteiger partial charge in [0.2, 0.25) is 0 Å². The van der Waals surface area contributed by atoms with Gasteiger partial charge in [0.25, 0.3) is 0 Å². The molecule has 0 amide bonds. The summed E-state index contributed by atoms with van der Waals surface area (Å²) in [7, 11) is 1.72. The van der Waals surface area contributed by atoms with Gasteiger partial charge < -0.3 is 9.47 Å². The maximum Gasteiger partial charge on any atom is 0.118 e. The molecule has 4 heteroatoms. The lowest BCUT2D eigenvalue weighted by Crippen LogP contribution is -2.44. The fourth-order valence-electron chi connectivity index (χ4n) is 3.36. The molecular formula is C17H26N2O2. The van der Waals surface area contributed by atoms with Crippen molar-refractivity contribution >= 4 is 0 Å². The maximum atomic E-state index is 5.44. The van der Waals surface area contributed by atoms with E-state index in [9.17, 15) is 0 Å². The Balaban J connectivity index is 1.55. The summed E-state index contributed by atoms with van der Waals surface area (Å²) >= 11 is 0.